The molecule has 1 aromatic rings. The molecule has 21 heavy (non-hydrogen) atoms. The van der Waals surface area contributed by atoms with Crippen LogP contribution in [0.3, 0.4) is 0 Å². The highest BCUT2D eigenvalue weighted by atomic mass is 32.2. The van der Waals surface area contributed by atoms with Gasteiger partial charge in [0.05, 0.1) is 5.25 Å². The monoisotopic (exact) mass is 310 g/mol. The molecule has 0 aromatic carbocycles. The van der Waals surface area contributed by atoms with E-state index in [4.69, 9.17) is 11.5 Å². The van der Waals surface area contributed by atoms with Crippen LogP contribution in [0.1, 0.15) is 39.5 Å². The van der Waals surface area contributed by atoms with Crippen LogP contribution in [0.5, 0.6) is 0 Å². The molecule has 0 radical (unpaired) electrons. The number of anilines is 2. The molecule has 5 N–H and O–H groups in total. The van der Waals surface area contributed by atoms with E-state index in [0.717, 1.165) is 6.42 Å². The molecular formula is C13H22N6OS. The van der Waals surface area contributed by atoms with E-state index in [1.165, 1.54) is 31.0 Å². The lowest BCUT2D eigenvalue weighted by Gasteiger charge is -2.30. The van der Waals surface area contributed by atoms with Crippen LogP contribution >= 0.6 is 11.8 Å². The fourth-order valence-electron chi connectivity index (χ4n) is 2.48. The van der Waals surface area contributed by atoms with Crippen molar-refractivity contribution in [2.24, 2.45) is 5.92 Å². The summed E-state index contributed by atoms with van der Waals surface area (Å²) >= 11 is 1.24. The second-order valence-electron chi connectivity index (χ2n) is 5.47. The van der Waals surface area contributed by atoms with Crippen molar-refractivity contribution in [3.8, 4) is 0 Å². The molecule has 7 nitrogen and oxygen atoms in total. The summed E-state index contributed by atoms with van der Waals surface area (Å²) in [7, 11) is 0. The Hall–Kier alpha value is -1.57. The van der Waals surface area contributed by atoms with Crippen molar-refractivity contribution in [2.75, 3.05) is 11.5 Å². The van der Waals surface area contributed by atoms with Crippen molar-refractivity contribution in [1.29, 1.82) is 0 Å². The Morgan fingerprint density at radius 3 is 2.48 bits per heavy atom. The minimum absolute atomic E-state index is 0.00342. The summed E-state index contributed by atoms with van der Waals surface area (Å²) < 4.78 is 0. The number of carbonyl (C=O) groups is 1. The molecule has 1 aliphatic carbocycles. The molecule has 1 saturated carbocycles. The van der Waals surface area contributed by atoms with Crippen LogP contribution in [0, 0.1) is 5.92 Å². The number of nitrogens with zero attached hydrogens (tertiary/aromatic N) is 3. The zero-order valence-electron chi connectivity index (χ0n) is 12.4. The van der Waals surface area contributed by atoms with Crippen molar-refractivity contribution >= 4 is 29.6 Å². The molecule has 1 fully saturated rings. The predicted molar refractivity (Wildman–Crippen MR) is 83.5 cm³/mol. The van der Waals surface area contributed by atoms with Gasteiger partial charge in [0.15, 0.2) is 5.16 Å². The third-order valence-corrected chi connectivity index (χ3v) is 4.70. The smallest absolute Gasteiger partial charge is 0.233 e. The highest BCUT2D eigenvalue weighted by molar-refractivity contribution is 8.00. The van der Waals surface area contributed by atoms with Crippen molar-refractivity contribution < 1.29 is 4.79 Å². The molecule has 1 heterocycles. The van der Waals surface area contributed by atoms with Crippen LogP contribution < -0.4 is 16.8 Å². The van der Waals surface area contributed by atoms with Crippen molar-refractivity contribution in [3.05, 3.63) is 0 Å². The van der Waals surface area contributed by atoms with E-state index in [1.807, 2.05) is 6.92 Å². The van der Waals surface area contributed by atoms with Gasteiger partial charge >= 0.3 is 0 Å². The second kappa shape index (κ2) is 6.93. The zero-order chi connectivity index (χ0) is 15.4. The largest absolute Gasteiger partial charge is 0.368 e. The molecule has 0 aliphatic heterocycles. The van der Waals surface area contributed by atoms with Crippen LogP contribution in [-0.2, 0) is 4.79 Å². The lowest BCUT2D eigenvalue weighted by molar-refractivity contribution is -0.121. The fraction of sp³-hybridized carbons (Fsp3) is 0.692. The molecule has 0 spiro atoms. The van der Waals surface area contributed by atoms with Gasteiger partial charge in [-0.3, -0.25) is 4.79 Å². The summed E-state index contributed by atoms with van der Waals surface area (Å²) in [5.74, 6) is 0.664. The average Bonchev–Trinajstić information content (AvgIpc) is 2.40. The Labute approximate surface area is 128 Å². The Kier molecular flexibility index (Phi) is 5.22. The number of amides is 1. The van der Waals surface area contributed by atoms with E-state index in [-0.39, 0.29) is 29.1 Å². The van der Waals surface area contributed by atoms with E-state index in [9.17, 15) is 4.79 Å². The number of carbonyl (C=O) groups excluding carboxylic acids is 1. The predicted octanol–water partition coefficient (Wildman–Crippen LogP) is 1.21. The van der Waals surface area contributed by atoms with Crippen molar-refractivity contribution in [3.63, 3.8) is 0 Å². The third-order valence-electron chi connectivity index (χ3n) is 3.74. The molecule has 1 aromatic heterocycles. The molecular weight excluding hydrogens is 288 g/mol. The van der Waals surface area contributed by atoms with Gasteiger partial charge < -0.3 is 16.8 Å². The number of hydrogen-bond donors (Lipinski definition) is 3. The quantitative estimate of drug-likeness (QED) is 0.715. The Morgan fingerprint density at radius 2 is 1.86 bits per heavy atom. The van der Waals surface area contributed by atoms with Crippen molar-refractivity contribution in [2.45, 2.75) is 56.0 Å². The summed E-state index contributed by atoms with van der Waals surface area (Å²) in [6.07, 6.45) is 4.65. The third kappa shape index (κ3) is 4.45. The maximum absolute atomic E-state index is 12.3. The SMILES string of the molecule is CC(Sc1nc(N)nc(N)n1)C(=O)NC1CCCCC1C. The van der Waals surface area contributed by atoms with E-state index in [2.05, 4.69) is 27.2 Å². The molecule has 3 atom stereocenters. The first-order valence-corrected chi connectivity index (χ1v) is 8.07. The van der Waals surface area contributed by atoms with Gasteiger partial charge in [-0.15, -0.1) is 0 Å². The van der Waals surface area contributed by atoms with Crippen LogP contribution in [0.4, 0.5) is 11.9 Å². The van der Waals surface area contributed by atoms with Gasteiger partial charge in [-0.1, -0.05) is 31.5 Å². The van der Waals surface area contributed by atoms with Gasteiger partial charge in [0.2, 0.25) is 17.8 Å². The summed E-state index contributed by atoms with van der Waals surface area (Å²) in [6.45, 7) is 4.01. The number of nitrogens with one attached hydrogen (secondary N) is 1. The first-order valence-electron chi connectivity index (χ1n) is 7.19. The summed E-state index contributed by atoms with van der Waals surface area (Å²) in [5, 5.41) is 3.19. The number of thioether (sulfide) groups is 1. The van der Waals surface area contributed by atoms with Gasteiger partial charge in [-0.25, -0.2) is 0 Å². The zero-order valence-corrected chi connectivity index (χ0v) is 13.2. The minimum Gasteiger partial charge on any atom is -0.368 e. The molecule has 1 amide bonds. The topological polar surface area (TPSA) is 120 Å². The summed E-state index contributed by atoms with van der Waals surface area (Å²) in [4.78, 5) is 23.9. The van der Waals surface area contributed by atoms with Gasteiger partial charge in [0.25, 0.3) is 0 Å². The highest BCUT2D eigenvalue weighted by Crippen LogP contribution is 2.25. The Bertz CT molecular complexity index is 491. The summed E-state index contributed by atoms with van der Waals surface area (Å²) in [6, 6.07) is 0.266. The maximum atomic E-state index is 12.3. The fourth-order valence-corrected chi connectivity index (χ4v) is 3.27. The molecule has 0 saturated heterocycles. The lowest BCUT2D eigenvalue weighted by Crippen LogP contribution is -2.44. The number of aromatic nitrogens is 3. The van der Waals surface area contributed by atoms with Crippen LogP contribution in [0.2, 0.25) is 0 Å². The minimum atomic E-state index is -0.305. The van der Waals surface area contributed by atoms with Crippen LogP contribution in [0.15, 0.2) is 5.16 Å². The van der Waals surface area contributed by atoms with Gasteiger partial charge in [0.1, 0.15) is 0 Å². The Balaban J connectivity index is 1.92. The average molecular weight is 310 g/mol. The van der Waals surface area contributed by atoms with Crippen LogP contribution in [-0.4, -0.2) is 32.2 Å². The first kappa shape index (κ1) is 15.8. The van der Waals surface area contributed by atoms with Gasteiger partial charge in [0, 0.05) is 6.04 Å². The molecule has 1 aliphatic rings. The summed E-state index contributed by atoms with van der Waals surface area (Å²) in [5.41, 5.74) is 11.0. The molecule has 2 rings (SSSR count). The Morgan fingerprint density at radius 1 is 1.24 bits per heavy atom. The van der Waals surface area contributed by atoms with Gasteiger partial charge in [-0.2, -0.15) is 15.0 Å². The molecule has 116 valence electrons. The van der Waals surface area contributed by atoms with E-state index in [1.54, 1.807) is 0 Å². The number of hydrogen-bond acceptors (Lipinski definition) is 7. The number of nitrogen functional groups attached to an aromatic ring is 2. The molecule has 3 unspecified atom stereocenters. The van der Waals surface area contributed by atoms with Crippen LogP contribution in [0.25, 0.3) is 0 Å². The number of rotatable bonds is 4. The lowest BCUT2D eigenvalue weighted by atomic mass is 9.86. The first-order chi connectivity index (χ1) is 9.95. The second-order valence-corrected chi connectivity index (χ2v) is 6.78. The van der Waals surface area contributed by atoms with Gasteiger partial charge in [-0.05, 0) is 25.7 Å². The standard InChI is InChI=1S/C13H22N6OS/c1-7-5-3-4-6-9(7)16-10(20)8(2)21-13-18-11(14)17-12(15)19-13/h7-9H,3-6H2,1-2H3,(H,16,20)(H4,14,15,17,18,19). The number of nitrogens with two attached hydrogens (primary N) is 2. The molecule has 8 heteroatoms. The van der Waals surface area contributed by atoms with E-state index in [0.29, 0.717) is 11.1 Å². The maximum Gasteiger partial charge on any atom is 0.233 e. The van der Waals surface area contributed by atoms with Crippen molar-refractivity contribution in [1.82, 2.24) is 20.3 Å². The van der Waals surface area contributed by atoms with E-state index < -0.39 is 0 Å². The normalized spacial score (nSPS) is 23.5. The van der Waals surface area contributed by atoms with E-state index >= 15 is 0 Å². The highest BCUT2D eigenvalue weighted by Gasteiger charge is 2.25. The molecule has 0 bridgehead atoms.